The lowest BCUT2D eigenvalue weighted by Gasteiger charge is -2.22. The van der Waals surface area contributed by atoms with Crippen LogP contribution in [-0.2, 0) is 0 Å². The molecule has 0 spiro atoms. The van der Waals surface area contributed by atoms with Crippen molar-refractivity contribution in [2.45, 2.75) is 26.4 Å². The van der Waals surface area contributed by atoms with Crippen molar-refractivity contribution >= 4 is 22.4 Å². The summed E-state index contributed by atoms with van der Waals surface area (Å²) in [4.78, 5) is 27.9. The molecule has 0 fully saturated rings. The first-order chi connectivity index (χ1) is 14.4. The van der Waals surface area contributed by atoms with Gasteiger partial charge in [-0.05, 0) is 64.7 Å². The number of aromatic nitrogens is 3. The molecule has 0 aliphatic carbocycles. The monoisotopic (exact) mass is 407 g/mol. The highest BCUT2D eigenvalue weighted by Gasteiger charge is 2.19. The summed E-state index contributed by atoms with van der Waals surface area (Å²) >= 11 is 0. The van der Waals surface area contributed by atoms with Gasteiger partial charge in [-0.3, -0.25) is 4.79 Å². The van der Waals surface area contributed by atoms with Gasteiger partial charge in [0.1, 0.15) is 11.4 Å². The van der Waals surface area contributed by atoms with Crippen molar-refractivity contribution in [3.63, 3.8) is 0 Å². The SMILES string of the molecule is Cc1cc(N2C=CNC2C)cc2[nH]c(-c3c(NCCCN(C)C)cc[nH]c3=O)nc12. The molecule has 1 unspecified atom stereocenters. The lowest BCUT2D eigenvalue weighted by atomic mass is 10.1. The average molecular weight is 408 g/mol. The summed E-state index contributed by atoms with van der Waals surface area (Å²) in [6, 6.07) is 6.09. The minimum absolute atomic E-state index is 0.162. The Morgan fingerprint density at radius 1 is 1.30 bits per heavy atom. The summed E-state index contributed by atoms with van der Waals surface area (Å²) in [6.07, 6.45) is 6.82. The van der Waals surface area contributed by atoms with Crippen LogP contribution in [0.25, 0.3) is 22.4 Å². The van der Waals surface area contributed by atoms with Crippen molar-refractivity contribution in [2.75, 3.05) is 37.4 Å². The fourth-order valence-electron chi connectivity index (χ4n) is 3.80. The van der Waals surface area contributed by atoms with Gasteiger partial charge in [-0.25, -0.2) is 4.98 Å². The van der Waals surface area contributed by atoms with Crippen molar-refractivity contribution in [1.29, 1.82) is 0 Å². The van der Waals surface area contributed by atoms with Crippen molar-refractivity contribution in [3.05, 3.63) is 52.7 Å². The molecule has 4 rings (SSSR count). The smallest absolute Gasteiger partial charge is 0.261 e. The molecule has 30 heavy (non-hydrogen) atoms. The van der Waals surface area contributed by atoms with Gasteiger partial charge in [0.25, 0.3) is 5.56 Å². The largest absolute Gasteiger partial charge is 0.384 e. The van der Waals surface area contributed by atoms with E-state index in [4.69, 9.17) is 4.98 Å². The van der Waals surface area contributed by atoms with Gasteiger partial charge in [-0.1, -0.05) is 0 Å². The lowest BCUT2D eigenvalue weighted by molar-refractivity contribution is 0.405. The molecule has 0 bridgehead atoms. The number of hydrogen-bond donors (Lipinski definition) is 4. The molecule has 158 valence electrons. The number of imidazole rings is 1. The summed E-state index contributed by atoms with van der Waals surface area (Å²) in [7, 11) is 4.11. The number of nitrogens with one attached hydrogen (secondary N) is 4. The third-order valence-electron chi connectivity index (χ3n) is 5.35. The number of nitrogens with zero attached hydrogens (tertiary/aromatic N) is 3. The second-order valence-electron chi connectivity index (χ2n) is 7.99. The van der Waals surface area contributed by atoms with E-state index < -0.39 is 0 Å². The van der Waals surface area contributed by atoms with Gasteiger partial charge in [0, 0.05) is 30.8 Å². The van der Waals surface area contributed by atoms with Gasteiger partial charge in [-0.15, -0.1) is 0 Å². The second kappa shape index (κ2) is 8.23. The fourth-order valence-corrected chi connectivity index (χ4v) is 3.80. The Morgan fingerprint density at radius 3 is 2.87 bits per heavy atom. The molecule has 8 nitrogen and oxygen atoms in total. The summed E-state index contributed by atoms with van der Waals surface area (Å²) in [5.41, 5.74) is 5.09. The zero-order chi connectivity index (χ0) is 21.3. The Balaban J connectivity index is 1.69. The number of H-pyrrole nitrogens is 2. The number of anilines is 2. The number of rotatable bonds is 7. The Bertz CT molecular complexity index is 1130. The third-order valence-corrected chi connectivity index (χ3v) is 5.35. The van der Waals surface area contributed by atoms with E-state index in [1.54, 1.807) is 6.20 Å². The Hall–Kier alpha value is -3.26. The highest BCUT2D eigenvalue weighted by atomic mass is 16.1. The molecule has 1 aliphatic heterocycles. The van der Waals surface area contributed by atoms with Crippen LogP contribution in [0.15, 0.2) is 41.6 Å². The zero-order valence-corrected chi connectivity index (χ0v) is 17.9. The van der Waals surface area contributed by atoms with Crippen molar-refractivity contribution in [3.8, 4) is 11.4 Å². The molecule has 3 aromatic rings. The standard InChI is InChI=1S/C22H29N7O/c1-14-12-16(29-11-9-23-15(29)2)13-18-20(14)27-21(26-18)19-17(6-8-25-22(19)30)24-7-5-10-28(3)4/h6,8-9,11-13,15,23H,5,7,10H2,1-4H3,(H,26,27)(H2,24,25,30). The predicted octanol–water partition coefficient (Wildman–Crippen LogP) is 2.82. The number of pyridine rings is 1. The van der Waals surface area contributed by atoms with E-state index in [2.05, 4.69) is 63.6 Å². The quantitative estimate of drug-likeness (QED) is 0.450. The van der Waals surface area contributed by atoms with Crippen LogP contribution in [-0.4, -0.2) is 53.2 Å². The molecule has 1 aliphatic rings. The number of benzene rings is 1. The molecule has 0 saturated carbocycles. The summed E-state index contributed by atoms with van der Waals surface area (Å²) in [5.74, 6) is 0.574. The fraction of sp³-hybridized carbons (Fsp3) is 0.364. The molecule has 0 saturated heterocycles. The van der Waals surface area contributed by atoms with Crippen molar-refractivity contribution in [2.24, 2.45) is 0 Å². The first kappa shape index (κ1) is 20.0. The number of aryl methyl sites for hydroxylation is 1. The molecule has 1 aromatic carbocycles. The average Bonchev–Trinajstić information content (AvgIpc) is 3.31. The maximum absolute atomic E-state index is 12.7. The van der Waals surface area contributed by atoms with Gasteiger partial charge < -0.3 is 30.4 Å². The Labute approximate surface area is 176 Å². The van der Waals surface area contributed by atoms with E-state index in [-0.39, 0.29) is 11.7 Å². The predicted molar refractivity (Wildman–Crippen MR) is 123 cm³/mol. The van der Waals surface area contributed by atoms with Crippen LogP contribution >= 0.6 is 0 Å². The Kier molecular flexibility index (Phi) is 5.50. The van der Waals surface area contributed by atoms with Crippen molar-refractivity contribution < 1.29 is 0 Å². The van der Waals surface area contributed by atoms with Crippen LogP contribution < -0.4 is 21.1 Å². The third kappa shape index (κ3) is 3.91. The molecule has 2 aromatic heterocycles. The highest BCUT2D eigenvalue weighted by molar-refractivity contribution is 5.87. The van der Waals surface area contributed by atoms with E-state index >= 15 is 0 Å². The number of fused-ring (bicyclic) bond motifs is 1. The molecule has 0 radical (unpaired) electrons. The molecule has 3 heterocycles. The second-order valence-corrected chi connectivity index (χ2v) is 7.99. The van der Waals surface area contributed by atoms with Gasteiger partial charge in [0.2, 0.25) is 0 Å². The topological polar surface area (TPSA) is 92.1 Å². The maximum atomic E-state index is 12.7. The Morgan fingerprint density at radius 2 is 2.13 bits per heavy atom. The van der Waals surface area contributed by atoms with E-state index in [0.29, 0.717) is 11.4 Å². The lowest BCUT2D eigenvalue weighted by Crippen LogP contribution is -2.31. The zero-order valence-electron chi connectivity index (χ0n) is 17.9. The van der Waals surface area contributed by atoms with Gasteiger partial charge in [0.05, 0.1) is 22.9 Å². The minimum atomic E-state index is -0.162. The molecule has 1 atom stereocenters. The van der Waals surface area contributed by atoms with Crippen LogP contribution in [0.1, 0.15) is 18.9 Å². The van der Waals surface area contributed by atoms with Gasteiger partial charge >= 0.3 is 0 Å². The van der Waals surface area contributed by atoms with E-state index in [1.807, 2.05) is 25.4 Å². The summed E-state index contributed by atoms with van der Waals surface area (Å²) in [5, 5.41) is 6.67. The number of hydrogen-bond acceptors (Lipinski definition) is 6. The molecule has 0 amide bonds. The van der Waals surface area contributed by atoms with Gasteiger partial charge in [-0.2, -0.15) is 0 Å². The van der Waals surface area contributed by atoms with Crippen molar-refractivity contribution in [1.82, 2.24) is 25.2 Å². The minimum Gasteiger partial charge on any atom is -0.384 e. The van der Waals surface area contributed by atoms with Crippen LogP contribution in [0.5, 0.6) is 0 Å². The molecular weight excluding hydrogens is 378 g/mol. The van der Waals surface area contributed by atoms with E-state index in [9.17, 15) is 4.79 Å². The number of aromatic amines is 2. The molecular formula is C22H29N7O. The molecule has 8 heteroatoms. The first-order valence-corrected chi connectivity index (χ1v) is 10.3. The highest BCUT2D eigenvalue weighted by Crippen LogP contribution is 2.30. The van der Waals surface area contributed by atoms with E-state index in [0.717, 1.165) is 47.5 Å². The van der Waals surface area contributed by atoms with Crippen LogP contribution in [0.3, 0.4) is 0 Å². The van der Waals surface area contributed by atoms with Crippen LogP contribution in [0, 0.1) is 6.92 Å². The first-order valence-electron chi connectivity index (χ1n) is 10.3. The van der Waals surface area contributed by atoms with Gasteiger partial charge in [0.15, 0.2) is 0 Å². The summed E-state index contributed by atoms with van der Waals surface area (Å²) in [6.45, 7) is 5.92. The normalized spacial score (nSPS) is 15.9. The maximum Gasteiger partial charge on any atom is 0.261 e. The van der Waals surface area contributed by atoms with Crippen LogP contribution in [0.4, 0.5) is 11.4 Å². The van der Waals surface area contributed by atoms with Crippen LogP contribution in [0.2, 0.25) is 0 Å². The van der Waals surface area contributed by atoms with E-state index in [1.165, 1.54) is 0 Å². The molecule has 4 N–H and O–H groups in total. The summed E-state index contributed by atoms with van der Waals surface area (Å²) < 4.78 is 0.